The van der Waals surface area contributed by atoms with Crippen molar-refractivity contribution in [2.75, 3.05) is 11.9 Å². The molecule has 0 amide bonds. The van der Waals surface area contributed by atoms with E-state index in [0.29, 0.717) is 5.56 Å². The maximum absolute atomic E-state index is 12.3. The van der Waals surface area contributed by atoms with Gasteiger partial charge in [-0.1, -0.05) is 37.3 Å². The summed E-state index contributed by atoms with van der Waals surface area (Å²) in [6, 6.07) is 14.2. The van der Waals surface area contributed by atoms with Crippen LogP contribution in [0.3, 0.4) is 0 Å². The van der Waals surface area contributed by atoms with E-state index in [1.54, 1.807) is 18.2 Å². The van der Waals surface area contributed by atoms with Crippen molar-refractivity contribution in [2.45, 2.75) is 26.1 Å². The van der Waals surface area contributed by atoms with Gasteiger partial charge in [-0.3, -0.25) is 0 Å². The molecule has 0 bridgehead atoms. The Morgan fingerprint density at radius 1 is 1.12 bits per heavy atom. The van der Waals surface area contributed by atoms with Gasteiger partial charge in [0, 0.05) is 11.3 Å². The summed E-state index contributed by atoms with van der Waals surface area (Å²) in [7, 11) is 0. The molecule has 0 aliphatic rings. The lowest BCUT2D eigenvalue weighted by Crippen LogP contribution is -2.22. The molecule has 0 heterocycles. The third kappa shape index (κ3) is 7.51. The first-order valence-corrected chi connectivity index (χ1v) is 7.80. The number of nitrogens with two attached hydrogens (primary N) is 1. The van der Waals surface area contributed by atoms with Gasteiger partial charge in [0.1, 0.15) is 5.75 Å². The van der Waals surface area contributed by atoms with Gasteiger partial charge in [-0.05, 0) is 30.2 Å². The van der Waals surface area contributed by atoms with Crippen molar-refractivity contribution in [3.8, 4) is 5.75 Å². The van der Waals surface area contributed by atoms with Crippen LogP contribution in [0.4, 0.5) is 18.9 Å². The summed E-state index contributed by atoms with van der Waals surface area (Å²) in [4.78, 5) is 4.16. The van der Waals surface area contributed by atoms with Crippen molar-refractivity contribution in [2.24, 2.45) is 10.7 Å². The van der Waals surface area contributed by atoms with E-state index in [9.17, 15) is 13.2 Å². The number of hydrogen-bond acceptors (Lipinski definition) is 2. The second-order valence-electron chi connectivity index (χ2n) is 5.39. The molecule has 0 unspecified atom stereocenters. The minimum absolute atomic E-state index is 0. The summed E-state index contributed by atoms with van der Waals surface area (Å²) in [5, 5.41) is 2.95. The third-order valence-corrected chi connectivity index (χ3v) is 3.42. The number of nitrogens with one attached hydrogen (secondary N) is 1. The van der Waals surface area contributed by atoms with Crippen LogP contribution < -0.4 is 15.8 Å². The molecule has 3 N–H and O–H groups in total. The van der Waals surface area contributed by atoms with Crippen LogP contribution in [0.5, 0.6) is 5.75 Å². The topological polar surface area (TPSA) is 59.6 Å². The monoisotopic (exact) mass is 479 g/mol. The van der Waals surface area contributed by atoms with Gasteiger partial charge in [0.2, 0.25) is 0 Å². The lowest BCUT2D eigenvalue weighted by atomic mass is 10.1. The first kappa shape index (κ1) is 22.1. The Morgan fingerprint density at radius 2 is 1.77 bits per heavy atom. The summed E-state index contributed by atoms with van der Waals surface area (Å²) in [5.41, 5.74) is 8.36. The zero-order valence-electron chi connectivity index (χ0n) is 14.2. The molecule has 2 rings (SSSR count). The largest absolute Gasteiger partial charge is 0.484 e. The van der Waals surface area contributed by atoms with Crippen LogP contribution >= 0.6 is 24.0 Å². The number of alkyl halides is 3. The molecule has 0 aliphatic heterocycles. The minimum Gasteiger partial charge on any atom is -0.484 e. The summed E-state index contributed by atoms with van der Waals surface area (Å²) >= 11 is 0. The van der Waals surface area contributed by atoms with Crippen LogP contribution in [0, 0.1) is 0 Å². The molecular formula is C18H21F3IN3O. The number of aryl methyl sites for hydroxylation is 1. The molecule has 0 fully saturated rings. The van der Waals surface area contributed by atoms with Gasteiger partial charge in [0.25, 0.3) is 0 Å². The van der Waals surface area contributed by atoms with Crippen molar-refractivity contribution in [1.82, 2.24) is 0 Å². The van der Waals surface area contributed by atoms with Crippen molar-refractivity contribution < 1.29 is 17.9 Å². The van der Waals surface area contributed by atoms with Crippen molar-refractivity contribution in [3.63, 3.8) is 0 Å². The number of para-hydroxylation sites is 1. The number of rotatable bonds is 6. The highest BCUT2D eigenvalue weighted by Crippen LogP contribution is 2.22. The molecular weight excluding hydrogens is 458 g/mol. The van der Waals surface area contributed by atoms with Crippen LogP contribution in [0.1, 0.15) is 18.1 Å². The molecule has 0 saturated carbocycles. The average Bonchev–Trinajstić information content (AvgIpc) is 2.59. The lowest BCUT2D eigenvalue weighted by Gasteiger charge is -2.12. The molecule has 8 heteroatoms. The van der Waals surface area contributed by atoms with Gasteiger partial charge in [-0.15, -0.1) is 24.0 Å². The molecule has 4 nitrogen and oxygen atoms in total. The van der Waals surface area contributed by atoms with E-state index < -0.39 is 12.8 Å². The lowest BCUT2D eigenvalue weighted by molar-refractivity contribution is -0.153. The maximum Gasteiger partial charge on any atom is 0.422 e. The van der Waals surface area contributed by atoms with Crippen molar-refractivity contribution in [1.29, 1.82) is 0 Å². The van der Waals surface area contributed by atoms with E-state index in [-0.39, 0.29) is 42.2 Å². The molecule has 0 aromatic heterocycles. The minimum atomic E-state index is -4.39. The normalized spacial score (nSPS) is 11.6. The fourth-order valence-electron chi connectivity index (χ4n) is 2.12. The fourth-order valence-corrected chi connectivity index (χ4v) is 2.12. The first-order chi connectivity index (χ1) is 11.9. The quantitative estimate of drug-likeness (QED) is 0.358. The average molecular weight is 479 g/mol. The van der Waals surface area contributed by atoms with E-state index in [1.807, 2.05) is 24.3 Å². The number of benzene rings is 2. The van der Waals surface area contributed by atoms with Crippen molar-refractivity contribution in [3.05, 3.63) is 59.7 Å². The van der Waals surface area contributed by atoms with E-state index in [2.05, 4.69) is 17.2 Å². The maximum atomic E-state index is 12.3. The van der Waals surface area contributed by atoms with E-state index in [0.717, 1.165) is 12.1 Å². The number of anilines is 1. The van der Waals surface area contributed by atoms with Gasteiger partial charge >= 0.3 is 6.18 Å². The second-order valence-corrected chi connectivity index (χ2v) is 5.39. The summed E-state index contributed by atoms with van der Waals surface area (Å²) in [6.45, 7) is 0.835. The van der Waals surface area contributed by atoms with E-state index >= 15 is 0 Å². The van der Waals surface area contributed by atoms with Gasteiger partial charge in [0.15, 0.2) is 12.6 Å². The number of guanidine groups is 1. The molecule has 2 aromatic rings. The van der Waals surface area contributed by atoms with Crippen LogP contribution in [-0.2, 0) is 13.0 Å². The molecule has 0 saturated heterocycles. The Kier molecular flexibility index (Phi) is 8.70. The number of nitrogens with zero attached hydrogens (tertiary/aromatic N) is 1. The summed E-state index contributed by atoms with van der Waals surface area (Å²) in [6.07, 6.45) is -3.44. The highest BCUT2D eigenvalue weighted by molar-refractivity contribution is 14.0. The Balaban J connectivity index is 0.00000338. The number of hydrogen-bond donors (Lipinski definition) is 2. The van der Waals surface area contributed by atoms with Gasteiger partial charge in [0.05, 0.1) is 6.54 Å². The standard InChI is InChI=1S/C18H20F3N3O.HI/c1-2-13-7-9-15(10-8-13)24-17(22)23-11-14-5-3-4-6-16(14)25-12-18(19,20)21;/h3-10H,2,11-12H2,1H3,(H3,22,23,24);1H. The number of ether oxygens (including phenoxy) is 1. The molecule has 142 valence electrons. The molecule has 0 radical (unpaired) electrons. The first-order valence-electron chi connectivity index (χ1n) is 7.80. The summed E-state index contributed by atoms with van der Waals surface area (Å²) < 4.78 is 41.7. The highest BCUT2D eigenvalue weighted by Gasteiger charge is 2.28. The smallest absolute Gasteiger partial charge is 0.422 e. The van der Waals surface area contributed by atoms with Gasteiger partial charge < -0.3 is 15.8 Å². The molecule has 2 aromatic carbocycles. The Labute approximate surface area is 167 Å². The number of aliphatic imine (C=N–C) groups is 1. The van der Waals surface area contributed by atoms with Crippen LogP contribution in [0.2, 0.25) is 0 Å². The van der Waals surface area contributed by atoms with E-state index in [1.165, 1.54) is 11.6 Å². The van der Waals surface area contributed by atoms with E-state index in [4.69, 9.17) is 10.5 Å². The number of halogens is 4. The zero-order valence-corrected chi connectivity index (χ0v) is 16.5. The molecule has 0 atom stereocenters. The highest BCUT2D eigenvalue weighted by atomic mass is 127. The molecule has 0 spiro atoms. The summed E-state index contributed by atoms with van der Waals surface area (Å²) in [5.74, 6) is 0.318. The second kappa shape index (κ2) is 10.2. The van der Waals surface area contributed by atoms with Crippen molar-refractivity contribution >= 4 is 35.6 Å². The van der Waals surface area contributed by atoms with Crippen LogP contribution in [-0.4, -0.2) is 18.7 Å². The SMILES string of the molecule is CCc1ccc(NC(N)=NCc2ccccc2OCC(F)(F)F)cc1.I. The molecule has 0 aliphatic carbocycles. The van der Waals surface area contributed by atoms with Crippen LogP contribution in [0.15, 0.2) is 53.5 Å². The van der Waals surface area contributed by atoms with Gasteiger partial charge in [-0.2, -0.15) is 13.2 Å². The predicted molar refractivity (Wildman–Crippen MR) is 108 cm³/mol. The zero-order chi connectivity index (χ0) is 18.3. The fraction of sp³-hybridized carbons (Fsp3) is 0.278. The molecule has 26 heavy (non-hydrogen) atoms. The predicted octanol–water partition coefficient (Wildman–Crippen LogP) is 4.73. The van der Waals surface area contributed by atoms with Crippen LogP contribution in [0.25, 0.3) is 0 Å². The Morgan fingerprint density at radius 3 is 2.38 bits per heavy atom. The Bertz CT molecular complexity index is 718. The third-order valence-electron chi connectivity index (χ3n) is 3.42. The Hall–Kier alpha value is -1.97. The van der Waals surface area contributed by atoms with Gasteiger partial charge in [-0.25, -0.2) is 4.99 Å².